The maximum atomic E-state index is 12.5. The van der Waals surface area contributed by atoms with Gasteiger partial charge in [0, 0.05) is 13.1 Å². The Morgan fingerprint density at radius 2 is 1.91 bits per heavy atom. The molecule has 0 fully saturated rings. The zero-order valence-electron chi connectivity index (χ0n) is 14.3. The molecular weight excluding hydrogens is 298 g/mol. The Morgan fingerprint density at radius 3 is 2.43 bits per heavy atom. The Balaban J connectivity index is 3.03. The molecule has 0 bridgehead atoms. The number of methoxy groups -OCH3 is 1. The lowest BCUT2D eigenvalue weighted by atomic mass is 10.1. The smallest absolute Gasteiger partial charge is 0.326 e. The van der Waals surface area contributed by atoms with Gasteiger partial charge < -0.3 is 19.5 Å². The van der Waals surface area contributed by atoms with E-state index in [1.165, 1.54) is 26.0 Å². The maximum Gasteiger partial charge on any atom is 0.326 e. The quantitative estimate of drug-likeness (QED) is 0.796. The maximum absolute atomic E-state index is 12.5. The van der Waals surface area contributed by atoms with Crippen LogP contribution in [0.25, 0.3) is 0 Å². The Bertz CT molecular complexity index is 556. The monoisotopic (exact) mass is 323 g/mol. The Labute approximate surface area is 137 Å². The Morgan fingerprint density at radius 1 is 1.26 bits per heavy atom. The van der Waals surface area contributed by atoms with Crippen LogP contribution >= 0.6 is 0 Å². The van der Waals surface area contributed by atoms with Gasteiger partial charge in [0.15, 0.2) is 0 Å². The fraction of sp³-hybridized carbons (Fsp3) is 0.529. The van der Waals surface area contributed by atoms with Crippen molar-refractivity contribution in [3.05, 3.63) is 23.8 Å². The SMILES string of the molecule is COc1ccc(C(=O)N(C)C(C)C(=O)O)c(OCCC(C)C)c1. The summed E-state index contributed by atoms with van der Waals surface area (Å²) in [6.45, 7) is 6.11. The summed E-state index contributed by atoms with van der Waals surface area (Å²) in [6.07, 6.45) is 0.853. The van der Waals surface area contributed by atoms with Crippen molar-refractivity contribution in [3.8, 4) is 11.5 Å². The average Bonchev–Trinajstić information content (AvgIpc) is 2.52. The zero-order chi connectivity index (χ0) is 17.6. The Hall–Kier alpha value is -2.24. The minimum Gasteiger partial charge on any atom is -0.497 e. The third kappa shape index (κ3) is 5.16. The van der Waals surface area contributed by atoms with Crippen LogP contribution in [0.3, 0.4) is 0 Å². The lowest BCUT2D eigenvalue weighted by Crippen LogP contribution is -2.40. The van der Waals surface area contributed by atoms with Crippen molar-refractivity contribution >= 4 is 11.9 Å². The lowest BCUT2D eigenvalue weighted by Gasteiger charge is -2.23. The van der Waals surface area contributed by atoms with Crippen molar-refractivity contribution in [2.24, 2.45) is 5.92 Å². The predicted octanol–water partition coefficient (Wildman–Crippen LogP) is 2.67. The number of aliphatic carboxylic acids is 1. The van der Waals surface area contributed by atoms with Gasteiger partial charge in [0.25, 0.3) is 5.91 Å². The number of carbonyl (C=O) groups excluding carboxylic acids is 1. The van der Waals surface area contributed by atoms with Crippen molar-refractivity contribution in [2.45, 2.75) is 33.2 Å². The fourth-order valence-electron chi connectivity index (χ4n) is 1.86. The molecule has 1 N–H and O–H groups in total. The van der Waals surface area contributed by atoms with Gasteiger partial charge in [0.2, 0.25) is 0 Å². The van der Waals surface area contributed by atoms with E-state index in [1.54, 1.807) is 18.2 Å². The molecule has 0 heterocycles. The first-order chi connectivity index (χ1) is 10.8. The average molecular weight is 323 g/mol. The second kappa shape index (κ2) is 8.41. The number of hydrogen-bond acceptors (Lipinski definition) is 4. The summed E-state index contributed by atoms with van der Waals surface area (Å²) >= 11 is 0. The summed E-state index contributed by atoms with van der Waals surface area (Å²) in [5.74, 6) is 0.00248. The minimum absolute atomic E-state index is 0.324. The summed E-state index contributed by atoms with van der Waals surface area (Å²) in [6, 6.07) is 3.97. The molecule has 1 aromatic rings. The number of carbonyl (C=O) groups is 2. The molecule has 23 heavy (non-hydrogen) atoms. The number of nitrogens with zero attached hydrogens (tertiary/aromatic N) is 1. The number of ether oxygens (including phenoxy) is 2. The van der Waals surface area contributed by atoms with Gasteiger partial charge in [0.05, 0.1) is 19.3 Å². The van der Waals surface area contributed by atoms with Crippen molar-refractivity contribution in [3.63, 3.8) is 0 Å². The largest absolute Gasteiger partial charge is 0.497 e. The van der Waals surface area contributed by atoms with E-state index in [4.69, 9.17) is 14.6 Å². The van der Waals surface area contributed by atoms with Crippen LogP contribution in [0.4, 0.5) is 0 Å². The van der Waals surface area contributed by atoms with Gasteiger partial charge in [-0.3, -0.25) is 4.79 Å². The van der Waals surface area contributed by atoms with Gasteiger partial charge in [-0.2, -0.15) is 0 Å². The second-order valence-corrected chi connectivity index (χ2v) is 5.82. The van der Waals surface area contributed by atoms with Crippen molar-refractivity contribution in [1.29, 1.82) is 0 Å². The standard InChI is InChI=1S/C17H25NO5/c1-11(2)8-9-23-15-10-13(22-5)6-7-14(15)16(19)18(4)12(3)17(20)21/h6-7,10-12H,8-9H2,1-5H3,(H,20,21). The molecule has 0 aliphatic heterocycles. The molecule has 1 aromatic carbocycles. The number of carboxylic acid groups (broad SMARTS) is 1. The van der Waals surface area contributed by atoms with Crippen LogP contribution in [0.5, 0.6) is 11.5 Å². The first-order valence-corrected chi connectivity index (χ1v) is 7.58. The first-order valence-electron chi connectivity index (χ1n) is 7.58. The molecule has 0 aliphatic carbocycles. The molecule has 0 saturated heterocycles. The van der Waals surface area contributed by atoms with Crippen molar-refractivity contribution in [2.75, 3.05) is 20.8 Å². The second-order valence-electron chi connectivity index (χ2n) is 5.82. The predicted molar refractivity (Wildman–Crippen MR) is 87.1 cm³/mol. The van der Waals surface area contributed by atoms with Crippen LogP contribution in [0, 0.1) is 5.92 Å². The van der Waals surface area contributed by atoms with E-state index in [-0.39, 0.29) is 0 Å². The molecule has 128 valence electrons. The third-order valence-electron chi connectivity index (χ3n) is 3.63. The van der Waals surface area contributed by atoms with E-state index in [0.29, 0.717) is 29.6 Å². The van der Waals surface area contributed by atoms with Crippen molar-refractivity contribution < 1.29 is 24.2 Å². The highest BCUT2D eigenvalue weighted by molar-refractivity contribution is 5.98. The lowest BCUT2D eigenvalue weighted by molar-refractivity contribution is -0.141. The molecule has 1 atom stereocenters. The van der Waals surface area contributed by atoms with Crippen LogP contribution in [0.15, 0.2) is 18.2 Å². The van der Waals surface area contributed by atoms with Gasteiger partial charge >= 0.3 is 5.97 Å². The number of likely N-dealkylation sites (N-methyl/N-ethyl adjacent to an activating group) is 1. The number of rotatable bonds is 8. The molecule has 1 rings (SSSR count). The summed E-state index contributed by atoms with van der Waals surface area (Å²) in [7, 11) is 3.00. The summed E-state index contributed by atoms with van der Waals surface area (Å²) in [5.41, 5.74) is 0.324. The topological polar surface area (TPSA) is 76.1 Å². The highest BCUT2D eigenvalue weighted by Crippen LogP contribution is 2.26. The van der Waals surface area contributed by atoms with Gasteiger partial charge in [0.1, 0.15) is 17.5 Å². The van der Waals surface area contributed by atoms with E-state index in [1.807, 2.05) is 0 Å². The van der Waals surface area contributed by atoms with Gasteiger partial charge in [-0.25, -0.2) is 4.79 Å². The molecule has 0 saturated carbocycles. The van der Waals surface area contributed by atoms with E-state index < -0.39 is 17.9 Å². The molecule has 0 spiro atoms. The molecular formula is C17H25NO5. The number of hydrogen-bond donors (Lipinski definition) is 1. The van der Waals surface area contributed by atoms with Gasteiger partial charge in [-0.1, -0.05) is 13.8 Å². The van der Waals surface area contributed by atoms with E-state index in [9.17, 15) is 9.59 Å². The third-order valence-corrected chi connectivity index (χ3v) is 3.63. The normalized spacial score (nSPS) is 11.9. The highest BCUT2D eigenvalue weighted by atomic mass is 16.5. The molecule has 1 unspecified atom stereocenters. The minimum atomic E-state index is -1.06. The van der Waals surface area contributed by atoms with E-state index in [0.717, 1.165) is 6.42 Å². The summed E-state index contributed by atoms with van der Waals surface area (Å²) < 4.78 is 10.9. The summed E-state index contributed by atoms with van der Waals surface area (Å²) in [5, 5.41) is 9.06. The number of carboxylic acids is 1. The van der Waals surface area contributed by atoms with Crippen molar-refractivity contribution in [1.82, 2.24) is 4.90 Å². The highest BCUT2D eigenvalue weighted by Gasteiger charge is 2.25. The van der Waals surface area contributed by atoms with Crippen LogP contribution in [0.2, 0.25) is 0 Å². The van der Waals surface area contributed by atoms with Gasteiger partial charge in [-0.15, -0.1) is 0 Å². The van der Waals surface area contributed by atoms with Crippen LogP contribution in [-0.4, -0.2) is 48.7 Å². The van der Waals surface area contributed by atoms with Crippen LogP contribution in [-0.2, 0) is 4.79 Å². The number of benzene rings is 1. The molecule has 6 heteroatoms. The van der Waals surface area contributed by atoms with Crippen LogP contribution in [0.1, 0.15) is 37.6 Å². The summed E-state index contributed by atoms with van der Waals surface area (Å²) in [4.78, 5) is 24.8. The first kappa shape index (κ1) is 18.8. The molecule has 0 radical (unpaired) electrons. The molecule has 0 aliphatic rings. The Kier molecular flexibility index (Phi) is 6.88. The van der Waals surface area contributed by atoms with E-state index >= 15 is 0 Å². The van der Waals surface area contributed by atoms with Gasteiger partial charge in [-0.05, 0) is 31.4 Å². The van der Waals surface area contributed by atoms with E-state index in [2.05, 4.69) is 13.8 Å². The molecule has 1 amide bonds. The molecule has 0 aromatic heterocycles. The molecule has 6 nitrogen and oxygen atoms in total. The fourth-order valence-corrected chi connectivity index (χ4v) is 1.86. The zero-order valence-corrected chi connectivity index (χ0v) is 14.3. The number of amides is 1. The van der Waals surface area contributed by atoms with Crippen LogP contribution < -0.4 is 9.47 Å².